The first-order valence-electron chi connectivity index (χ1n) is 6.35. The van der Waals surface area contributed by atoms with Crippen molar-refractivity contribution < 1.29 is 9.90 Å². The van der Waals surface area contributed by atoms with Crippen LogP contribution in [0.2, 0.25) is 0 Å². The zero-order valence-electron chi connectivity index (χ0n) is 11.0. The number of aliphatic carboxylic acids is 1. The molecule has 0 aliphatic heterocycles. The van der Waals surface area contributed by atoms with Gasteiger partial charge in [0, 0.05) is 10.5 Å². The van der Waals surface area contributed by atoms with Gasteiger partial charge in [0.05, 0.1) is 0 Å². The summed E-state index contributed by atoms with van der Waals surface area (Å²) in [7, 11) is 0. The molecule has 0 unspecified atom stereocenters. The molecule has 1 N–H and O–H groups in total. The highest BCUT2D eigenvalue weighted by Gasteiger charge is 2.49. The number of rotatable bonds is 4. The number of benzene rings is 1. The van der Waals surface area contributed by atoms with Crippen molar-refractivity contribution in [1.82, 2.24) is 20.2 Å². The smallest absolute Gasteiger partial charge is 0.331 e. The zero-order valence-corrected chi connectivity index (χ0v) is 11.8. The molecule has 1 aliphatic carbocycles. The first kappa shape index (κ1) is 13.1. The Bertz CT molecular complexity index is 651. The molecule has 1 aromatic heterocycles. The van der Waals surface area contributed by atoms with E-state index >= 15 is 0 Å². The maximum atomic E-state index is 11.6. The average Bonchev–Trinajstić information content (AvgIpc) is 2.86. The van der Waals surface area contributed by atoms with E-state index in [4.69, 9.17) is 0 Å². The van der Waals surface area contributed by atoms with E-state index in [1.807, 2.05) is 30.5 Å². The van der Waals surface area contributed by atoms with Gasteiger partial charge >= 0.3 is 5.97 Å². The highest BCUT2D eigenvalue weighted by Crippen LogP contribution is 2.41. The van der Waals surface area contributed by atoms with Crippen molar-refractivity contribution in [3.63, 3.8) is 0 Å². The number of hydrogen-bond acceptors (Lipinski definition) is 5. The summed E-state index contributed by atoms with van der Waals surface area (Å²) >= 11 is 1.59. The summed E-state index contributed by atoms with van der Waals surface area (Å²) in [6.45, 7) is 0. The standard InChI is InChI=1S/C13H14N4O2S/c1-20-10-6-3-2-5-9(10)11-14-15-16-17(11)13(12(18)19)7-4-8-13/h2-3,5-6H,4,7-8H2,1H3,(H,18,19). The van der Waals surface area contributed by atoms with E-state index in [1.165, 1.54) is 4.68 Å². The van der Waals surface area contributed by atoms with Gasteiger partial charge in [0.25, 0.3) is 0 Å². The Morgan fingerprint density at radius 3 is 2.75 bits per heavy atom. The van der Waals surface area contributed by atoms with Crippen LogP contribution < -0.4 is 0 Å². The van der Waals surface area contributed by atoms with Crippen LogP contribution in [-0.4, -0.2) is 37.5 Å². The van der Waals surface area contributed by atoms with Crippen molar-refractivity contribution in [3.05, 3.63) is 24.3 Å². The Hall–Kier alpha value is -1.89. The number of carboxylic acid groups (broad SMARTS) is 1. The Morgan fingerprint density at radius 1 is 1.40 bits per heavy atom. The Balaban J connectivity index is 2.13. The SMILES string of the molecule is CSc1ccccc1-c1nnnn1C1(C(=O)O)CCC1. The van der Waals surface area contributed by atoms with Crippen LogP contribution >= 0.6 is 11.8 Å². The summed E-state index contributed by atoms with van der Waals surface area (Å²) in [5.41, 5.74) is -0.109. The van der Waals surface area contributed by atoms with Crippen LogP contribution in [0.1, 0.15) is 19.3 Å². The van der Waals surface area contributed by atoms with Crippen LogP contribution in [0.3, 0.4) is 0 Å². The van der Waals surface area contributed by atoms with Crippen molar-refractivity contribution in [2.45, 2.75) is 29.7 Å². The largest absolute Gasteiger partial charge is 0.479 e. The van der Waals surface area contributed by atoms with E-state index < -0.39 is 11.5 Å². The molecule has 104 valence electrons. The minimum absolute atomic E-state index is 0.525. The summed E-state index contributed by atoms with van der Waals surface area (Å²) in [6.07, 6.45) is 4.00. The van der Waals surface area contributed by atoms with E-state index in [9.17, 15) is 9.90 Å². The molecule has 6 nitrogen and oxygen atoms in total. The van der Waals surface area contributed by atoms with Crippen molar-refractivity contribution >= 4 is 17.7 Å². The van der Waals surface area contributed by atoms with Crippen molar-refractivity contribution in [1.29, 1.82) is 0 Å². The van der Waals surface area contributed by atoms with Crippen LogP contribution in [0, 0.1) is 0 Å². The lowest BCUT2D eigenvalue weighted by Gasteiger charge is -2.37. The van der Waals surface area contributed by atoms with Crippen LogP contribution in [0.15, 0.2) is 29.2 Å². The van der Waals surface area contributed by atoms with Crippen LogP contribution in [0.5, 0.6) is 0 Å². The molecular weight excluding hydrogens is 276 g/mol. The second-order valence-electron chi connectivity index (χ2n) is 4.80. The van der Waals surface area contributed by atoms with Gasteiger partial charge in [-0.05, 0) is 48.1 Å². The fraction of sp³-hybridized carbons (Fsp3) is 0.385. The lowest BCUT2D eigenvalue weighted by Crippen LogP contribution is -2.48. The molecule has 7 heteroatoms. The van der Waals surface area contributed by atoms with Gasteiger partial charge in [0.15, 0.2) is 11.4 Å². The molecule has 0 atom stereocenters. The summed E-state index contributed by atoms with van der Waals surface area (Å²) in [5.74, 6) is -0.337. The van der Waals surface area contributed by atoms with Crippen LogP contribution in [-0.2, 0) is 10.3 Å². The first-order chi connectivity index (χ1) is 9.69. The Morgan fingerprint density at radius 2 is 2.15 bits per heavy atom. The number of thioether (sulfide) groups is 1. The number of tetrazole rings is 1. The van der Waals surface area contributed by atoms with E-state index in [0.717, 1.165) is 16.9 Å². The molecule has 1 fully saturated rings. The molecule has 1 heterocycles. The van der Waals surface area contributed by atoms with Crippen molar-refractivity contribution in [3.8, 4) is 11.4 Å². The van der Waals surface area contributed by atoms with Gasteiger partial charge in [-0.25, -0.2) is 9.48 Å². The van der Waals surface area contributed by atoms with Gasteiger partial charge < -0.3 is 5.11 Å². The maximum Gasteiger partial charge on any atom is 0.331 e. The molecule has 0 radical (unpaired) electrons. The molecule has 1 aliphatic rings. The van der Waals surface area contributed by atoms with E-state index in [2.05, 4.69) is 15.5 Å². The van der Waals surface area contributed by atoms with Crippen LogP contribution in [0.4, 0.5) is 0 Å². The monoisotopic (exact) mass is 290 g/mol. The summed E-state index contributed by atoms with van der Waals surface area (Å²) in [4.78, 5) is 12.6. The topological polar surface area (TPSA) is 80.9 Å². The molecule has 0 spiro atoms. The van der Waals surface area contributed by atoms with Crippen molar-refractivity contribution in [2.24, 2.45) is 0 Å². The molecule has 3 rings (SSSR count). The average molecular weight is 290 g/mol. The molecule has 0 bridgehead atoms. The molecule has 0 amide bonds. The van der Waals surface area contributed by atoms with Crippen LogP contribution in [0.25, 0.3) is 11.4 Å². The quantitative estimate of drug-likeness (QED) is 0.868. The van der Waals surface area contributed by atoms with E-state index in [1.54, 1.807) is 11.8 Å². The first-order valence-corrected chi connectivity index (χ1v) is 7.57. The van der Waals surface area contributed by atoms with Gasteiger partial charge in [0.2, 0.25) is 0 Å². The fourth-order valence-corrected chi connectivity index (χ4v) is 3.09. The van der Waals surface area contributed by atoms with Gasteiger partial charge in [0.1, 0.15) is 0 Å². The van der Waals surface area contributed by atoms with E-state index in [-0.39, 0.29) is 0 Å². The number of hydrogen-bond donors (Lipinski definition) is 1. The molecule has 1 saturated carbocycles. The minimum atomic E-state index is -0.982. The number of carboxylic acids is 1. The zero-order chi connectivity index (χ0) is 14.2. The third kappa shape index (κ3) is 1.81. The second-order valence-corrected chi connectivity index (χ2v) is 5.65. The second kappa shape index (κ2) is 4.90. The molecule has 2 aromatic rings. The summed E-state index contributed by atoms with van der Waals surface area (Å²) in [5, 5.41) is 21.2. The number of aromatic nitrogens is 4. The summed E-state index contributed by atoms with van der Waals surface area (Å²) in [6, 6.07) is 7.75. The third-order valence-electron chi connectivity index (χ3n) is 3.80. The molecule has 1 aromatic carbocycles. The fourth-order valence-electron chi connectivity index (χ4n) is 2.50. The van der Waals surface area contributed by atoms with Gasteiger partial charge in [-0.3, -0.25) is 0 Å². The Kier molecular flexibility index (Phi) is 3.21. The number of carbonyl (C=O) groups is 1. The molecule has 0 saturated heterocycles. The van der Waals surface area contributed by atoms with Crippen molar-refractivity contribution in [2.75, 3.05) is 6.26 Å². The number of nitrogens with zero attached hydrogens (tertiary/aromatic N) is 4. The van der Waals surface area contributed by atoms with Gasteiger partial charge in [-0.2, -0.15) is 0 Å². The van der Waals surface area contributed by atoms with Gasteiger partial charge in [-0.1, -0.05) is 12.1 Å². The normalized spacial score (nSPS) is 16.6. The molecule has 20 heavy (non-hydrogen) atoms. The maximum absolute atomic E-state index is 11.6. The predicted octanol–water partition coefficient (Wildman–Crippen LogP) is 2.03. The highest BCUT2D eigenvalue weighted by molar-refractivity contribution is 7.98. The highest BCUT2D eigenvalue weighted by atomic mass is 32.2. The lowest BCUT2D eigenvalue weighted by molar-refractivity contribution is -0.153. The van der Waals surface area contributed by atoms with E-state index in [0.29, 0.717) is 18.7 Å². The minimum Gasteiger partial charge on any atom is -0.479 e. The molecular formula is C13H14N4O2S. The van der Waals surface area contributed by atoms with Gasteiger partial charge in [-0.15, -0.1) is 16.9 Å². The lowest BCUT2D eigenvalue weighted by atomic mass is 9.76. The third-order valence-corrected chi connectivity index (χ3v) is 4.60. The summed E-state index contributed by atoms with van der Waals surface area (Å²) < 4.78 is 1.48. The predicted molar refractivity (Wildman–Crippen MR) is 74.5 cm³/mol. The Labute approximate surface area is 120 Å².